The third-order valence-corrected chi connectivity index (χ3v) is 4.16. The quantitative estimate of drug-likeness (QED) is 0.793. The van der Waals surface area contributed by atoms with Gasteiger partial charge in [0.25, 0.3) is 0 Å². The molecule has 0 saturated heterocycles. The number of hydrogen-bond donors (Lipinski definition) is 1. The summed E-state index contributed by atoms with van der Waals surface area (Å²) in [5, 5.41) is 4.02. The van der Waals surface area contributed by atoms with E-state index in [1.807, 2.05) is 6.92 Å². The summed E-state index contributed by atoms with van der Waals surface area (Å²) in [6.45, 7) is 2.91. The highest BCUT2D eigenvalue weighted by Crippen LogP contribution is 2.33. The largest absolute Gasteiger partial charge is 0.310 e. The first-order valence-electron chi connectivity index (χ1n) is 5.96. The lowest BCUT2D eigenvalue weighted by Crippen LogP contribution is -2.29. The summed E-state index contributed by atoms with van der Waals surface area (Å²) in [6, 6.07) is 2.83. The minimum atomic E-state index is -0.414. The molecule has 1 N–H and O–H groups in total. The summed E-state index contributed by atoms with van der Waals surface area (Å²) in [7, 11) is 0. The Kier molecular flexibility index (Phi) is 4.29. The van der Waals surface area contributed by atoms with Gasteiger partial charge in [0.2, 0.25) is 0 Å². The van der Waals surface area contributed by atoms with E-state index < -0.39 is 5.82 Å². The predicted molar refractivity (Wildman–Crippen MR) is 70.2 cm³/mol. The SMILES string of the molecule is CC(NCC1CCC1)c1c(Cl)ccc(F)c1Cl. The minimum Gasteiger partial charge on any atom is -0.310 e. The summed E-state index contributed by atoms with van der Waals surface area (Å²) >= 11 is 12.0. The zero-order chi connectivity index (χ0) is 12.4. The Morgan fingerprint density at radius 1 is 1.41 bits per heavy atom. The maximum absolute atomic E-state index is 13.4. The molecule has 1 unspecified atom stereocenters. The van der Waals surface area contributed by atoms with Gasteiger partial charge in [0, 0.05) is 16.6 Å². The molecule has 1 aromatic rings. The molecule has 1 nitrogen and oxygen atoms in total. The Hall–Kier alpha value is -0.310. The first-order valence-corrected chi connectivity index (χ1v) is 6.72. The lowest BCUT2D eigenvalue weighted by molar-refractivity contribution is 0.292. The maximum atomic E-state index is 13.4. The van der Waals surface area contributed by atoms with Crippen molar-refractivity contribution >= 4 is 23.2 Å². The van der Waals surface area contributed by atoms with Gasteiger partial charge in [0.15, 0.2) is 0 Å². The molecular weight excluding hydrogens is 260 g/mol. The number of halogens is 3. The summed E-state index contributed by atoms with van der Waals surface area (Å²) in [6.07, 6.45) is 3.89. The van der Waals surface area contributed by atoms with E-state index in [0.717, 1.165) is 12.5 Å². The van der Waals surface area contributed by atoms with E-state index in [0.29, 0.717) is 10.6 Å². The van der Waals surface area contributed by atoms with Crippen LogP contribution in [0.1, 0.15) is 37.8 Å². The molecule has 1 aliphatic rings. The van der Waals surface area contributed by atoms with Crippen molar-refractivity contribution in [1.82, 2.24) is 5.32 Å². The maximum Gasteiger partial charge on any atom is 0.142 e. The fraction of sp³-hybridized carbons (Fsp3) is 0.538. The van der Waals surface area contributed by atoms with Crippen LogP contribution in [0.5, 0.6) is 0 Å². The number of benzene rings is 1. The second-order valence-electron chi connectivity index (χ2n) is 4.68. The van der Waals surface area contributed by atoms with Crippen molar-refractivity contribution in [2.75, 3.05) is 6.54 Å². The third-order valence-electron chi connectivity index (χ3n) is 3.45. The summed E-state index contributed by atoms with van der Waals surface area (Å²) in [5.41, 5.74) is 0.660. The molecule has 0 bridgehead atoms. The van der Waals surface area contributed by atoms with E-state index in [-0.39, 0.29) is 11.1 Å². The third kappa shape index (κ3) is 2.93. The molecule has 0 radical (unpaired) electrons. The van der Waals surface area contributed by atoms with E-state index in [1.54, 1.807) is 6.07 Å². The van der Waals surface area contributed by atoms with Crippen molar-refractivity contribution in [3.05, 3.63) is 33.6 Å². The van der Waals surface area contributed by atoms with Crippen molar-refractivity contribution in [3.63, 3.8) is 0 Å². The molecule has 2 rings (SSSR count). The van der Waals surface area contributed by atoms with Gasteiger partial charge in [-0.05, 0) is 44.4 Å². The smallest absolute Gasteiger partial charge is 0.142 e. The number of rotatable bonds is 4. The van der Waals surface area contributed by atoms with Crippen molar-refractivity contribution < 1.29 is 4.39 Å². The standard InChI is InChI=1S/C13H16Cl2FN/c1-8(17-7-9-3-2-4-9)12-10(14)5-6-11(16)13(12)15/h5-6,8-9,17H,2-4,7H2,1H3. The zero-order valence-electron chi connectivity index (χ0n) is 9.77. The molecule has 94 valence electrons. The fourth-order valence-corrected chi connectivity index (χ4v) is 2.78. The number of hydrogen-bond acceptors (Lipinski definition) is 1. The van der Waals surface area contributed by atoms with Gasteiger partial charge in [-0.1, -0.05) is 29.6 Å². The van der Waals surface area contributed by atoms with Crippen molar-refractivity contribution in [2.45, 2.75) is 32.2 Å². The van der Waals surface area contributed by atoms with Crippen LogP contribution in [-0.2, 0) is 0 Å². The molecule has 1 atom stereocenters. The molecule has 1 aliphatic carbocycles. The molecular formula is C13H16Cl2FN. The van der Waals surface area contributed by atoms with Crippen LogP contribution in [0.3, 0.4) is 0 Å². The molecule has 0 heterocycles. The normalized spacial score (nSPS) is 17.9. The summed E-state index contributed by atoms with van der Waals surface area (Å²) in [4.78, 5) is 0. The van der Waals surface area contributed by atoms with Gasteiger partial charge in [0.05, 0.1) is 5.02 Å². The van der Waals surface area contributed by atoms with Crippen LogP contribution in [0, 0.1) is 11.7 Å². The van der Waals surface area contributed by atoms with E-state index in [9.17, 15) is 4.39 Å². The zero-order valence-corrected chi connectivity index (χ0v) is 11.3. The Bertz CT molecular complexity index is 405. The van der Waals surface area contributed by atoms with E-state index in [1.165, 1.54) is 25.3 Å². The van der Waals surface area contributed by atoms with Gasteiger partial charge in [-0.25, -0.2) is 4.39 Å². The molecule has 1 saturated carbocycles. The predicted octanol–water partition coefficient (Wildman–Crippen LogP) is 4.58. The molecule has 1 fully saturated rings. The number of nitrogens with one attached hydrogen (secondary N) is 1. The first kappa shape index (κ1) is 13.1. The molecule has 0 aromatic heterocycles. The Balaban J connectivity index is 2.06. The average Bonchev–Trinajstić information content (AvgIpc) is 2.22. The molecule has 0 aliphatic heterocycles. The molecule has 0 amide bonds. The average molecular weight is 276 g/mol. The van der Waals surface area contributed by atoms with Crippen LogP contribution in [0.4, 0.5) is 4.39 Å². The fourth-order valence-electron chi connectivity index (χ4n) is 2.08. The van der Waals surface area contributed by atoms with Crippen molar-refractivity contribution in [1.29, 1.82) is 0 Å². The lowest BCUT2D eigenvalue weighted by Gasteiger charge is -2.28. The van der Waals surface area contributed by atoms with E-state index >= 15 is 0 Å². The summed E-state index contributed by atoms with van der Waals surface area (Å²) < 4.78 is 13.4. The first-order chi connectivity index (χ1) is 8.09. The van der Waals surface area contributed by atoms with Crippen LogP contribution in [0.25, 0.3) is 0 Å². The molecule has 4 heteroatoms. The highest BCUT2D eigenvalue weighted by atomic mass is 35.5. The highest BCUT2D eigenvalue weighted by molar-refractivity contribution is 6.36. The summed E-state index contributed by atoms with van der Waals surface area (Å²) in [5.74, 6) is 0.340. The van der Waals surface area contributed by atoms with Gasteiger partial charge in [0.1, 0.15) is 5.82 Å². The lowest BCUT2D eigenvalue weighted by atomic mass is 9.85. The van der Waals surface area contributed by atoms with Gasteiger partial charge in [-0.3, -0.25) is 0 Å². The van der Waals surface area contributed by atoms with Crippen LogP contribution < -0.4 is 5.32 Å². The van der Waals surface area contributed by atoms with Crippen molar-refractivity contribution in [2.24, 2.45) is 5.92 Å². The van der Waals surface area contributed by atoms with Gasteiger partial charge < -0.3 is 5.32 Å². The van der Waals surface area contributed by atoms with Crippen LogP contribution in [-0.4, -0.2) is 6.54 Å². The Morgan fingerprint density at radius 2 is 2.12 bits per heavy atom. The second kappa shape index (κ2) is 5.55. The monoisotopic (exact) mass is 275 g/mol. The van der Waals surface area contributed by atoms with Crippen LogP contribution in [0.15, 0.2) is 12.1 Å². The van der Waals surface area contributed by atoms with Gasteiger partial charge in [-0.2, -0.15) is 0 Å². The Labute approximate surface area is 111 Å². The molecule has 17 heavy (non-hydrogen) atoms. The molecule has 0 spiro atoms. The van der Waals surface area contributed by atoms with Crippen LogP contribution in [0.2, 0.25) is 10.0 Å². The Morgan fingerprint density at radius 3 is 2.71 bits per heavy atom. The van der Waals surface area contributed by atoms with Crippen LogP contribution >= 0.6 is 23.2 Å². The van der Waals surface area contributed by atoms with E-state index in [2.05, 4.69) is 5.32 Å². The van der Waals surface area contributed by atoms with E-state index in [4.69, 9.17) is 23.2 Å². The van der Waals surface area contributed by atoms with Crippen molar-refractivity contribution in [3.8, 4) is 0 Å². The molecule has 1 aromatic carbocycles. The van der Waals surface area contributed by atoms with Gasteiger partial charge in [-0.15, -0.1) is 0 Å². The topological polar surface area (TPSA) is 12.0 Å². The van der Waals surface area contributed by atoms with Gasteiger partial charge >= 0.3 is 0 Å². The highest BCUT2D eigenvalue weighted by Gasteiger charge is 2.20. The minimum absolute atomic E-state index is 0.0219. The second-order valence-corrected chi connectivity index (χ2v) is 5.47.